The zero-order chi connectivity index (χ0) is 17.2. The van der Waals surface area contributed by atoms with Crippen molar-refractivity contribution < 1.29 is 19.1 Å². The molecule has 2 rings (SSSR count). The fourth-order valence-corrected chi connectivity index (χ4v) is 2.00. The summed E-state index contributed by atoms with van der Waals surface area (Å²) < 4.78 is 9.79. The van der Waals surface area contributed by atoms with E-state index >= 15 is 0 Å². The van der Waals surface area contributed by atoms with Crippen molar-refractivity contribution in [2.24, 2.45) is 0 Å². The van der Waals surface area contributed by atoms with Gasteiger partial charge in [0.2, 0.25) is 0 Å². The molecule has 1 amide bonds. The molecule has 0 saturated carbocycles. The molecule has 0 saturated heterocycles. The first-order valence-corrected chi connectivity index (χ1v) is 7.49. The Kier molecular flexibility index (Phi) is 6.58. The van der Waals surface area contributed by atoms with Gasteiger partial charge in [-0.1, -0.05) is 60.7 Å². The number of amides is 1. The summed E-state index contributed by atoms with van der Waals surface area (Å²) in [5.41, 5.74) is 1.93. The summed E-state index contributed by atoms with van der Waals surface area (Å²) in [7, 11) is 1.26. The molecular weight excluding hydrogens is 306 g/mol. The Bertz CT molecular complexity index is 696. The molecule has 1 N–H and O–H groups in total. The number of rotatable bonds is 6. The van der Waals surface area contributed by atoms with E-state index in [-0.39, 0.29) is 12.3 Å². The molecule has 2 aromatic rings. The monoisotopic (exact) mass is 325 g/mol. The third-order valence-corrected chi connectivity index (χ3v) is 3.24. The van der Waals surface area contributed by atoms with Gasteiger partial charge in [-0.3, -0.25) is 5.32 Å². The minimum absolute atomic E-state index is 0.0550. The Labute approximate surface area is 140 Å². The first-order chi connectivity index (χ1) is 11.7. The van der Waals surface area contributed by atoms with Crippen molar-refractivity contribution >= 4 is 12.1 Å². The van der Waals surface area contributed by atoms with Crippen LogP contribution in [0.15, 0.2) is 72.4 Å². The second kappa shape index (κ2) is 9.15. The van der Waals surface area contributed by atoms with Crippen LogP contribution in [0.2, 0.25) is 0 Å². The van der Waals surface area contributed by atoms with Crippen LogP contribution in [0.25, 0.3) is 0 Å². The van der Waals surface area contributed by atoms with Gasteiger partial charge in [-0.25, -0.2) is 9.59 Å². The summed E-state index contributed by atoms with van der Waals surface area (Å²) in [5, 5.41) is 2.43. The highest BCUT2D eigenvalue weighted by atomic mass is 16.6. The molecule has 0 aromatic heterocycles. The Morgan fingerprint density at radius 3 is 2.12 bits per heavy atom. The van der Waals surface area contributed by atoms with E-state index in [0.29, 0.717) is 6.42 Å². The van der Waals surface area contributed by atoms with Gasteiger partial charge in [0.15, 0.2) is 0 Å². The number of ether oxygens (including phenoxy) is 2. The van der Waals surface area contributed by atoms with Gasteiger partial charge in [0.1, 0.15) is 12.3 Å². The molecule has 5 nitrogen and oxygen atoms in total. The van der Waals surface area contributed by atoms with E-state index < -0.39 is 12.1 Å². The van der Waals surface area contributed by atoms with Gasteiger partial charge < -0.3 is 9.47 Å². The Balaban J connectivity index is 1.95. The molecule has 0 fully saturated rings. The molecule has 0 aliphatic rings. The number of hydrogen-bond donors (Lipinski definition) is 1. The lowest BCUT2D eigenvalue weighted by Gasteiger charge is -2.09. The highest BCUT2D eigenvalue weighted by Crippen LogP contribution is 2.05. The van der Waals surface area contributed by atoms with Crippen LogP contribution in [0.5, 0.6) is 0 Å². The van der Waals surface area contributed by atoms with Crippen molar-refractivity contribution in [2.45, 2.75) is 13.0 Å². The fourth-order valence-electron chi connectivity index (χ4n) is 2.00. The third-order valence-electron chi connectivity index (χ3n) is 3.24. The lowest BCUT2D eigenvalue weighted by atomic mass is 10.1. The lowest BCUT2D eigenvalue weighted by molar-refractivity contribution is -0.136. The van der Waals surface area contributed by atoms with E-state index in [1.165, 1.54) is 7.11 Å². The number of allylic oxidation sites excluding steroid dienone is 1. The predicted molar refractivity (Wildman–Crippen MR) is 90.0 cm³/mol. The van der Waals surface area contributed by atoms with Crippen molar-refractivity contribution in [1.29, 1.82) is 0 Å². The van der Waals surface area contributed by atoms with Crippen molar-refractivity contribution in [3.05, 3.63) is 83.6 Å². The van der Waals surface area contributed by atoms with Gasteiger partial charge in [0.05, 0.1) is 7.11 Å². The molecule has 0 heterocycles. The van der Waals surface area contributed by atoms with Gasteiger partial charge in [0, 0.05) is 0 Å². The minimum Gasteiger partial charge on any atom is -0.464 e. The zero-order valence-corrected chi connectivity index (χ0v) is 13.4. The number of nitrogens with one attached hydrogen (secondary N) is 1. The van der Waals surface area contributed by atoms with Gasteiger partial charge in [-0.05, 0) is 23.6 Å². The van der Waals surface area contributed by atoms with E-state index in [4.69, 9.17) is 4.74 Å². The SMILES string of the molecule is COC(=O)/C(=C/Cc1ccccc1)NC(=O)OCc1ccccc1. The Morgan fingerprint density at radius 2 is 1.54 bits per heavy atom. The molecule has 0 aliphatic carbocycles. The van der Waals surface area contributed by atoms with E-state index in [1.54, 1.807) is 6.08 Å². The van der Waals surface area contributed by atoms with Crippen LogP contribution in [-0.2, 0) is 27.3 Å². The summed E-state index contributed by atoms with van der Waals surface area (Å²) in [6.07, 6.45) is 1.39. The summed E-state index contributed by atoms with van der Waals surface area (Å²) in [6.45, 7) is 0.125. The molecule has 5 heteroatoms. The van der Waals surface area contributed by atoms with Crippen molar-refractivity contribution in [3.8, 4) is 0 Å². The molecular formula is C19H19NO4. The number of carbonyl (C=O) groups is 2. The van der Waals surface area contributed by atoms with E-state index in [9.17, 15) is 9.59 Å². The summed E-state index contributed by atoms with van der Waals surface area (Å²) in [6, 6.07) is 18.9. The maximum Gasteiger partial charge on any atom is 0.412 e. The zero-order valence-electron chi connectivity index (χ0n) is 13.4. The molecule has 0 aliphatic heterocycles. The van der Waals surface area contributed by atoms with E-state index in [2.05, 4.69) is 10.1 Å². The van der Waals surface area contributed by atoms with Gasteiger partial charge >= 0.3 is 12.1 Å². The van der Waals surface area contributed by atoms with Crippen LogP contribution in [0.3, 0.4) is 0 Å². The standard InChI is InChI=1S/C19H19NO4/c1-23-18(21)17(13-12-15-8-4-2-5-9-15)20-19(22)24-14-16-10-6-3-7-11-16/h2-11,13H,12,14H2,1H3,(H,20,22)/b17-13-. The van der Waals surface area contributed by atoms with Crippen molar-refractivity contribution in [3.63, 3.8) is 0 Å². The number of alkyl carbamates (subject to hydrolysis) is 1. The number of carbonyl (C=O) groups excluding carboxylic acids is 2. The van der Waals surface area contributed by atoms with E-state index in [0.717, 1.165) is 11.1 Å². The summed E-state index contributed by atoms with van der Waals surface area (Å²) in [5.74, 6) is -0.623. The predicted octanol–water partition coefficient (Wildman–Crippen LogP) is 3.21. The minimum atomic E-state index is -0.705. The maximum atomic E-state index is 11.9. The highest BCUT2D eigenvalue weighted by molar-refractivity contribution is 5.92. The average molecular weight is 325 g/mol. The number of benzene rings is 2. The maximum absolute atomic E-state index is 11.9. The second-order valence-corrected chi connectivity index (χ2v) is 4.99. The number of methoxy groups -OCH3 is 1. The Morgan fingerprint density at radius 1 is 0.958 bits per heavy atom. The van der Waals surface area contributed by atoms with Gasteiger partial charge in [-0.15, -0.1) is 0 Å². The third kappa shape index (κ3) is 5.61. The van der Waals surface area contributed by atoms with Crippen LogP contribution < -0.4 is 5.32 Å². The van der Waals surface area contributed by atoms with Crippen LogP contribution in [0.4, 0.5) is 4.79 Å². The fraction of sp³-hybridized carbons (Fsp3) is 0.158. The molecule has 0 radical (unpaired) electrons. The summed E-state index contributed by atoms with van der Waals surface area (Å²) >= 11 is 0. The topological polar surface area (TPSA) is 64.6 Å². The highest BCUT2D eigenvalue weighted by Gasteiger charge is 2.14. The summed E-state index contributed by atoms with van der Waals surface area (Å²) in [4.78, 5) is 23.7. The van der Waals surface area contributed by atoms with Crippen molar-refractivity contribution in [1.82, 2.24) is 5.32 Å². The molecule has 0 bridgehead atoms. The first kappa shape index (κ1) is 17.3. The largest absolute Gasteiger partial charge is 0.464 e. The molecule has 0 unspecified atom stereocenters. The average Bonchev–Trinajstić information content (AvgIpc) is 2.64. The van der Waals surface area contributed by atoms with Gasteiger partial charge in [-0.2, -0.15) is 0 Å². The van der Waals surface area contributed by atoms with Crippen LogP contribution in [0.1, 0.15) is 11.1 Å². The smallest absolute Gasteiger partial charge is 0.412 e. The van der Waals surface area contributed by atoms with Crippen molar-refractivity contribution in [2.75, 3.05) is 7.11 Å². The molecule has 0 spiro atoms. The first-order valence-electron chi connectivity index (χ1n) is 7.49. The normalized spacial score (nSPS) is 10.8. The lowest BCUT2D eigenvalue weighted by Crippen LogP contribution is -2.28. The van der Waals surface area contributed by atoms with Gasteiger partial charge in [0.25, 0.3) is 0 Å². The Hall–Kier alpha value is -3.08. The number of hydrogen-bond acceptors (Lipinski definition) is 4. The quantitative estimate of drug-likeness (QED) is 0.654. The van der Waals surface area contributed by atoms with Crippen LogP contribution >= 0.6 is 0 Å². The molecule has 0 atom stereocenters. The molecule has 24 heavy (non-hydrogen) atoms. The van der Waals surface area contributed by atoms with Crippen LogP contribution in [-0.4, -0.2) is 19.2 Å². The van der Waals surface area contributed by atoms with Crippen LogP contribution in [0, 0.1) is 0 Å². The molecule has 124 valence electrons. The number of esters is 1. The van der Waals surface area contributed by atoms with E-state index in [1.807, 2.05) is 60.7 Å². The molecule has 2 aromatic carbocycles. The second-order valence-electron chi connectivity index (χ2n) is 4.99.